The van der Waals surface area contributed by atoms with Crippen molar-refractivity contribution in [3.8, 4) is 0 Å². The van der Waals surface area contributed by atoms with E-state index in [0.717, 1.165) is 18.8 Å². The van der Waals surface area contributed by atoms with Gasteiger partial charge < -0.3 is 15.5 Å². The van der Waals surface area contributed by atoms with Crippen LogP contribution in [0.25, 0.3) is 0 Å². The maximum Gasteiger partial charge on any atom is 0.222 e. The Balaban J connectivity index is 1.73. The number of nitrogens with zero attached hydrogens (tertiary/aromatic N) is 1. The molecule has 1 fully saturated rings. The zero-order chi connectivity index (χ0) is 17.6. The number of carbonyl (C=O) groups is 1. The van der Waals surface area contributed by atoms with Gasteiger partial charge in [-0.3, -0.25) is 4.79 Å². The highest BCUT2D eigenvalue weighted by molar-refractivity contribution is 7.91. The van der Waals surface area contributed by atoms with E-state index in [0.29, 0.717) is 19.4 Å². The van der Waals surface area contributed by atoms with Crippen molar-refractivity contribution in [1.29, 1.82) is 0 Å². The van der Waals surface area contributed by atoms with Crippen molar-refractivity contribution < 1.29 is 13.2 Å². The lowest BCUT2D eigenvalue weighted by Gasteiger charge is -2.21. The third-order valence-corrected chi connectivity index (χ3v) is 6.04. The van der Waals surface area contributed by atoms with Crippen molar-refractivity contribution >= 4 is 27.1 Å². The van der Waals surface area contributed by atoms with Crippen LogP contribution in [0.3, 0.4) is 0 Å². The Labute approximate surface area is 144 Å². The quantitative estimate of drug-likeness (QED) is 0.743. The molecule has 1 aromatic carbocycles. The van der Waals surface area contributed by atoms with Crippen molar-refractivity contribution in [1.82, 2.24) is 5.32 Å². The first-order valence-electron chi connectivity index (χ1n) is 8.52. The average molecular weight is 353 g/mol. The molecule has 134 valence electrons. The van der Waals surface area contributed by atoms with Crippen LogP contribution in [0.15, 0.2) is 24.3 Å². The van der Waals surface area contributed by atoms with E-state index in [1.54, 1.807) is 0 Å². The predicted molar refractivity (Wildman–Crippen MR) is 98.3 cm³/mol. The normalized spacial score (nSPS) is 19.0. The van der Waals surface area contributed by atoms with Crippen molar-refractivity contribution in [2.45, 2.75) is 32.7 Å². The molecule has 1 atom stereocenters. The molecule has 1 amide bonds. The zero-order valence-corrected chi connectivity index (χ0v) is 15.2. The van der Waals surface area contributed by atoms with Crippen LogP contribution in [-0.2, 0) is 14.6 Å². The van der Waals surface area contributed by atoms with Gasteiger partial charge in [0.25, 0.3) is 0 Å². The molecule has 0 aromatic heterocycles. The second-order valence-electron chi connectivity index (χ2n) is 6.06. The second-order valence-corrected chi connectivity index (χ2v) is 8.29. The largest absolute Gasteiger partial charge is 0.385 e. The first-order chi connectivity index (χ1) is 11.4. The third kappa shape index (κ3) is 5.40. The van der Waals surface area contributed by atoms with Crippen LogP contribution in [0.2, 0.25) is 0 Å². The van der Waals surface area contributed by atoms with Gasteiger partial charge in [-0.05, 0) is 44.5 Å². The molecule has 1 saturated heterocycles. The summed E-state index contributed by atoms with van der Waals surface area (Å²) in [6.07, 6.45) is 0.850. The Morgan fingerprint density at radius 1 is 1.21 bits per heavy atom. The van der Waals surface area contributed by atoms with Gasteiger partial charge in [-0.2, -0.15) is 0 Å². The second kappa shape index (κ2) is 8.37. The molecule has 0 aliphatic carbocycles. The maximum atomic E-state index is 11.9. The van der Waals surface area contributed by atoms with Gasteiger partial charge in [0, 0.05) is 43.5 Å². The summed E-state index contributed by atoms with van der Waals surface area (Å²) in [7, 11) is -2.95. The van der Waals surface area contributed by atoms with Gasteiger partial charge in [0.05, 0.1) is 11.5 Å². The van der Waals surface area contributed by atoms with Crippen LogP contribution in [0.5, 0.6) is 0 Å². The summed E-state index contributed by atoms with van der Waals surface area (Å²) in [4.78, 5) is 14.1. The molecule has 6 nitrogen and oxygen atoms in total. The summed E-state index contributed by atoms with van der Waals surface area (Å²) in [5, 5.41) is 6.02. The number of benzene rings is 1. The van der Waals surface area contributed by atoms with E-state index in [1.807, 2.05) is 12.1 Å². The Morgan fingerprint density at radius 3 is 2.42 bits per heavy atom. The molecule has 24 heavy (non-hydrogen) atoms. The molecule has 2 N–H and O–H groups in total. The molecule has 7 heteroatoms. The van der Waals surface area contributed by atoms with Crippen LogP contribution in [-0.4, -0.2) is 51.5 Å². The molecule has 0 saturated carbocycles. The van der Waals surface area contributed by atoms with E-state index in [4.69, 9.17) is 0 Å². The minimum atomic E-state index is -2.95. The number of hydrogen-bond acceptors (Lipinski definition) is 5. The average Bonchev–Trinajstić information content (AvgIpc) is 2.88. The minimum Gasteiger partial charge on any atom is -0.385 e. The first-order valence-corrected chi connectivity index (χ1v) is 10.3. The number of anilines is 2. The third-order valence-electron chi connectivity index (χ3n) is 4.27. The van der Waals surface area contributed by atoms with Crippen molar-refractivity contribution in [3.63, 3.8) is 0 Å². The number of amides is 1. The fraction of sp³-hybridized carbons (Fsp3) is 0.588. The van der Waals surface area contributed by atoms with Crippen molar-refractivity contribution in [3.05, 3.63) is 24.3 Å². The lowest BCUT2D eigenvalue weighted by molar-refractivity contribution is -0.121. The monoisotopic (exact) mass is 353 g/mol. The van der Waals surface area contributed by atoms with Crippen molar-refractivity contribution in [2.24, 2.45) is 0 Å². The number of sulfone groups is 1. The highest BCUT2D eigenvalue weighted by atomic mass is 32.2. The Bertz CT molecular complexity index is 640. The molecular formula is C17H27N3O3S. The van der Waals surface area contributed by atoms with Crippen LogP contribution < -0.4 is 15.5 Å². The lowest BCUT2D eigenvalue weighted by Crippen LogP contribution is -2.36. The number of nitrogens with one attached hydrogen (secondary N) is 2. The number of carbonyl (C=O) groups excluding carboxylic acids is 1. The maximum absolute atomic E-state index is 11.9. The fourth-order valence-corrected chi connectivity index (χ4v) is 4.58. The van der Waals surface area contributed by atoms with Gasteiger partial charge in [0.1, 0.15) is 0 Å². The van der Waals surface area contributed by atoms with E-state index < -0.39 is 9.84 Å². The molecule has 0 bridgehead atoms. The highest BCUT2D eigenvalue weighted by Crippen LogP contribution is 2.17. The predicted octanol–water partition coefficient (Wildman–Crippen LogP) is 1.64. The summed E-state index contributed by atoms with van der Waals surface area (Å²) < 4.78 is 22.7. The summed E-state index contributed by atoms with van der Waals surface area (Å²) in [6, 6.07) is 7.93. The molecule has 1 aliphatic heterocycles. The van der Waals surface area contributed by atoms with E-state index in [9.17, 15) is 13.2 Å². The molecule has 0 radical (unpaired) electrons. The summed E-state index contributed by atoms with van der Waals surface area (Å²) in [5.41, 5.74) is 2.16. The molecular weight excluding hydrogens is 326 g/mol. The molecule has 1 aromatic rings. The SMILES string of the molecule is CCN(CC)c1ccc(NCCC(=O)NC2CCS(=O)(=O)C2)cc1. The molecule has 2 rings (SSSR count). The van der Waals surface area contributed by atoms with Gasteiger partial charge >= 0.3 is 0 Å². The van der Waals surface area contributed by atoms with Crippen molar-refractivity contribution in [2.75, 3.05) is 41.4 Å². The van der Waals surface area contributed by atoms with Gasteiger partial charge in [-0.15, -0.1) is 0 Å². The van der Waals surface area contributed by atoms with Crippen LogP contribution in [0, 0.1) is 0 Å². The Kier molecular flexibility index (Phi) is 6.48. The smallest absolute Gasteiger partial charge is 0.222 e. The molecule has 1 heterocycles. The summed E-state index contributed by atoms with van der Waals surface area (Å²) in [5.74, 6) is 0.137. The Morgan fingerprint density at radius 2 is 1.88 bits per heavy atom. The van der Waals surface area contributed by atoms with E-state index >= 15 is 0 Å². The minimum absolute atomic E-state index is 0.0684. The van der Waals surface area contributed by atoms with E-state index in [-0.39, 0.29) is 23.5 Å². The van der Waals surface area contributed by atoms with Crippen LogP contribution >= 0.6 is 0 Å². The standard InChI is InChI=1S/C17H27N3O3S/c1-3-20(4-2)16-7-5-14(6-8-16)18-11-9-17(21)19-15-10-12-24(22,23)13-15/h5-8,15,18H,3-4,9-13H2,1-2H3,(H,19,21). The zero-order valence-electron chi connectivity index (χ0n) is 14.4. The molecule has 1 aliphatic rings. The Hall–Kier alpha value is -1.76. The van der Waals surface area contributed by atoms with Gasteiger partial charge in [0.15, 0.2) is 9.84 Å². The first kappa shape index (κ1) is 18.6. The molecule has 1 unspecified atom stereocenters. The molecule has 0 spiro atoms. The van der Waals surface area contributed by atoms with Gasteiger partial charge in [0.2, 0.25) is 5.91 Å². The summed E-state index contributed by atoms with van der Waals surface area (Å²) in [6.45, 7) is 6.73. The fourth-order valence-electron chi connectivity index (χ4n) is 2.91. The summed E-state index contributed by atoms with van der Waals surface area (Å²) >= 11 is 0. The van der Waals surface area contributed by atoms with E-state index in [1.165, 1.54) is 5.69 Å². The van der Waals surface area contributed by atoms with Gasteiger partial charge in [-0.1, -0.05) is 0 Å². The van der Waals surface area contributed by atoms with E-state index in [2.05, 4.69) is 41.5 Å². The van der Waals surface area contributed by atoms with Crippen LogP contribution in [0.4, 0.5) is 11.4 Å². The number of rotatable bonds is 8. The number of hydrogen-bond donors (Lipinski definition) is 2. The van der Waals surface area contributed by atoms with Crippen LogP contribution in [0.1, 0.15) is 26.7 Å². The topological polar surface area (TPSA) is 78.5 Å². The lowest BCUT2D eigenvalue weighted by atomic mass is 10.2. The highest BCUT2D eigenvalue weighted by Gasteiger charge is 2.28. The van der Waals surface area contributed by atoms with Gasteiger partial charge in [-0.25, -0.2) is 8.42 Å².